The molecule has 4 N–H and O–H groups in total. The van der Waals surface area contributed by atoms with Crippen LogP contribution in [-0.2, 0) is 25.6 Å². The van der Waals surface area contributed by atoms with Crippen molar-refractivity contribution < 1.29 is 44.3 Å². The first-order chi connectivity index (χ1) is 16.5. The van der Waals surface area contributed by atoms with E-state index in [1.807, 2.05) is 12.1 Å². The fourth-order valence-electron chi connectivity index (χ4n) is 3.06. The maximum absolute atomic E-state index is 9.10. The maximum Gasteiger partial charge on any atom is 0.414 e. The molecule has 1 unspecified atom stereocenters. The number of carboxylic acid groups (broad SMARTS) is 4. The Balaban J connectivity index is 0.000000425. The normalized spacial score (nSPS) is 13.6. The first-order valence-electron chi connectivity index (χ1n) is 10.3. The Bertz CT molecular complexity index is 1030. The number of methoxy groups -OCH3 is 1. The zero-order chi connectivity index (χ0) is 26.5. The highest BCUT2D eigenvalue weighted by atomic mass is 16.5. The number of aliphatic imine (C=N–C) groups is 1. The minimum atomic E-state index is -1.82. The number of hydrogen-bond donors (Lipinski definition) is 4. The average Bonchev–Trinajstić information content (AvgIpc) is 2.82. The van der Waals surface area contributed by atoms with Gasteiger partial charge < -0.3 is 30.1 Å². The molecule has 1 heterocycles. The van der Waals surface area contributed by atoms with Crippen molar-refractivity contribution in [2.45, 2.75) is 18.9 Å². The van der Waals surface area contributed by atoms with E-state index in [1.165, 1.54) is 11.1 Å². The Morgan fingerprint density at radius 3 is 2.00 bits per heavy atom. The van der Waals surface area contributed by atoms with E-state index in [0.717, 1.165) is 36.4 Å². The van der Waals surface area contributed by atoms with Crippen LogP contribution in [0.2, 0.25) is 0 Å². The zero-order valence-corrected chi connectivity index (χ0v) is 19.5. The number of fused-ring (bicyclic) bond motifs is 1. The van der Waals surface area contributed by atoms with Crippen LogP contribution in [0, 0.1) is 0 Å². The number of carbonyl (C=O) groups is 4. The molecular weight excluding hydrogens is 460 g/mol. The highest BCUT2D eigenvalue weighted by molar-refractivity contribution is 6.27. The van der Waals surface area contributed by atoms with Crippen molar-refractivity contribution in [2.24, 2.45) is 4.99 Å². The summed E-state index contributed by atoms with van der Waals surface area (Å²) in [5, 5.41) is 29.6. The van der Waals surface area contributed by atoms with Gasteiger partial charge in [-0.25, -0.2) is 19.2 Å². The molecule has 0 aliphatic carbocycles. The largest absolute Gasteiger partial charge is 0.497 e. The summed E-state index contributed by atoms with van der Waals surface area (Å²) in [4.78, 5) is 43.7. The van der Waals surface area contributed by atoms with Crippen molar-refractivity contribution in [3.05, 3.63) is 65.2 Å². The first-order valence-corrected chi connectivity index (χ1v) is 10.3. The molecule has 0 spiro atoms. The molecule has 0 aromatic heterocycles. The number of nitrogens with zero attached hydrogens (tertiary/aromatic N) is 2. The van der Waals surface area contributed by atoms with Gasteiger partial charge in [-0.05, 0) is 51.2 Å². The number of ether oxygens (including phenoxy) is 1. The standard InChI is InChI=1S/C20H24N2O.2C2H2O4/c1-22(2)12-11-17-13-15-7-4-5-10-19(15)20(21-17)16-8-6-9-18(14-16)23-3;2*3-1(4)2(5)6/h4-10,14,17H,11-13H2,1-3H3;2*(H,3,4)(H,5,6). The van der Waals surface area contributed by atoms with E-state index in [-0.39, 0.29) is 0 Å². The lowest BCUT2D eigenvalue weighted by Crippen LogP contribution is -2.25. The van der Waals surface area contributed by atoms with Crippen molar-refractivity contribution in [3.8, 4) is 5.75 Å². The second-order valence-corrected chi connectivity index (χ2v) is 7.54. The van der Waals surface area contributed by atoms with Crippen LogP contribution in [0.4, 0.5) is 0 Å². The quantitative estimate of drug-likeness (QED) is 0.454. The molecule has 1 aliphatic rings. The van der Waals surface area contributed by atoms with Gasteiger partial charge in [0.2, 0.25) is 0 Å². The molecule has 2 aromatic carbocycles. The molecule has 1 aliphatic heterocycles. The number of benzene rings is 2. The Kier molecular flexibility index (Phi) is 11.6. The van der Waals surface area contributed by atoms with Crippen LogP contribution in [0.25, 0.3) is 0 Å². The van der Waals surface area contributed by atoms with E-state index in [4.69, 9.17) is 49.3 Å². The molecule has 11 nitrogen and oxygen atoms in total. The molecule has 0 saturated carbocycles. The summed E-state index contributed by atoms with van der Waals surface area (Å²) in [6.07, 6.45) is 2.10. The summed E-state index contributed by atoms with van der Waals surface area (Å²) in [5.41, 5.74) is 4.87. The van der Waals surface area contributed by atoms with E-state index < -0.39 is 23.9 Å². The molecular formula is C24H28N2O9. The average molecular weight is 488 g/mol. The second-order valence-electron chi connectivity index (χ2n) is 7.54. The van der Waals surface area contributed by atoms with Crippen molar-refractivity contribution in [1.82, 2.24) is 4.90 Å². The Labute approximate surface area is 201 Å². The van der Waals surface area contributed by atoms with Crippen molar-refractivity contribution in [2.75, 3.05) is 27.7 Å². The van der Waals surface area contributed by atoms with Gasteiger partial charge in [-0.1, -0.05) is 36.4 Å². The molecule has 188 valence electrons. The van der Waals surface area contributed by atoms with Gasteiger partial charge in [-0.2, -0.15) is 0 Å². The number of hydrogen-bond acceptors (Lipinski definition) is 7. The van der Waals surface area contributed by atoms with Gasteiger partial charge in [0.05, 0.1) is 18.9 Å². The van der Waals surface area contributed by atoms with Gasteiger partial charge in [-0.3, -0.25) is 4.99 Å². The highest BCUT2D eigenvalue weighted by Gasteiger charge is 2.22. The number of aliphatic carboxylic acids is 4. The van der Waals surface area contributed by atoms with Crippen LogP contribution in [0.15, 0.2) is 53.5 Å². The molecule has 1 atom stereocenters. The van der Waals surface area contributed by atoms with E-state index in [1.54, 1.807) is 7.11 Å². The molecule has 0 fully saturated rings. The fourth-order valence-corrected chi connectivity index (χ4v) is 3.06. The molecule has 3 rings (SSSR count). The zero-order valence-electron chi connectivity index (χ0n) is 19.5. The SMILES string of the molecule is COc1cccc(C2=NC(CCN(C)C)Cc3ccccc32)c1.O=C(O)C(=O)O.O=C(O)C(=O)O. The summed E-state index contributed by atoms with van der Waals surface area (Å²) in [6.45, 7) is 1.06. The molecule has 2 aromatic rings. The van der Waals surface area contributed by atoms with Crippen molar-refractivity contribution in [1.29, 1.82) is 0 Å². The van der Waals surface area contributed by atoms with E-state index in [2.05, 4.69) is 55.4 Å². The van der Waals surface area contributed by atoms with Crippen molar-refractivity contribution >= 4 is 29.6 Å². The van der Waals surface area contributed by atoms with Gasteiger partial charge in [0.1, 0.15) is 5.75 Å². The van der Waals surface area contributed by atoms with Gasteiger partial charge in [-0.15, -0.1) is 0 Å². The van der Waals surface area contributed by atoms with Crippen LogP contribution in [-0.4, -0.2) is 88.7 Å². The summed E-state index contributed by atoms with van der Waals surface area (Å²) < 4.78 is 5.38. The summed E-state index contributed by atoms with van der Waals surface area (Å²) in [6, 6.07) is 17.2. The van der Waals surface area contributed by atoms with E-state index >= 15 is 0 Å². The lowest BCUT2D eigenvalue weighted by Gasteiger charge is -2.25. The van der Waals surface area contributed by atoms with Gasteiger partial charge >= 0.3 is 23.9 Å². The third kappa shape index (κ3) is 10.0. The lowest BCUT2D eigenvalue weighted by atomic mass is 9.89. The smallest absolute Gasteiger partial charge is 0.414 e. The Hall–Kier alpha value is -4.25. The molecule has 35 heavy (non-hydrogen) atoms. The molecule has 0 bridgehead atoms. The topological polar surface area (TPSA) is 174 Å². The molecule has 0 radical (unpaired) electrons. The van der Waals surface area contributed by atoms with Crippen LogP contribution < -0.4 is 4.74 Å². The third-order valence-electron chi connectivity index (χ3n) is 4.66. The van der Waals surface area contributed by atoms with Crippen LogP contribution >= 0.6 is 0 Å². The van der Waals surface area contributed by atoms with Gasteiger partial charge in [0.15, 0.2) is 0 Å². The van der Waals surface area contributed by atoms with E-state index in [0.29, 0.717) is 6.04 Å². The third-order valence-corrected chi connectivity index (χ3v) is 4.66. The van der Waals surface area contributed by atoms with Crippen LogP contribution in [0.5, 0.6) is 5.75 Å². The highest BCUT2D eigenvalue weighted by Crippen LogP contribution is 2.26. The fraction of sp³-hybridized carbons (Fsp3) is 0.292. The summed E-state index contributed by atoms with van der Waals surface area (Å²) >= 11 is 0. The predicted molar refractivity (Wildman–Crippen MR) is 126 cm³/mol. The first kappa shape index (κ1) is 28.8. The maximum atomic E-state index is 9.10. The number of rotatable bonds is 5. The molecule has 0 saturated heterocycles. The van der Waals surface area contributed by atoms with Gasteiger partial charge in [0, 0.05) is 11.1 Å². The predicted octanol–water partition coefficient (Wildman–Crippen LogP) is 1.72. The minimum absolute atomic E-state index is 0.341. The Morgan fingerprint density at radius 2 is 1.49 bits per heavy atom. The van der Waals surface area contributed by atoms with Gasteiger partial charge in [0.25, 0.3) is 0 Å². The second kappa shape index (κ2) is 14.1. The van der Waals surface area contributed by atoms with Crippen LogP contribution in [0.3, 0.4) is 0 Å². The van der Waals surface area contributed by atoms with Crippen molar-refractivity contribution in [3.63, 3.8) is 0 Å². The number of carboxylic acids is 4. The monoisotopic (exact) mass is 488 g/mol. The summed E-state index contributed by atoms with van der Waals surface area (Å²) in [7, 11) is 5.93. The summed E-state index contributed by atoms with van der Waals surface area (Å²) in [5.74, 6) is -6.42. The van der Waals surface area contributed by atoms with E-state index in [9.17, 15) is 0 Å². The Morgan fingerprint density at radius 1 is 0.914 bits per heavy atom. The minimum Gasteiger partial charge on any atom is -0.497 e. The van der Waals surface area contributed by atoms with Crippen LogP contribution in [0.1, 0.15) is 23.1 Å². The lowest BCUT2D eigenvalue weighted by molar-refractivity contribution is -0.159. The molecule has 11 heteroatoms. The molecule has 0 amide bonds.